The average Bonchev–Trinajstić information content (AvgIpc) is 2.01. The smallest absolute Gasteiger partial charge is 0.0302 e. The molecular formula is C8H21ClN2. The molecule has 1 unspecified atom stereocenters. The molecular weight excluding hydrogens is 160 g/mol. The van der Waals surface area contributed by atoms with Crippen molar-refractivity contribution in [3.63, 3.8) is 0 Å². The molecule has 0 amide bonds. The lowest BCUT2D eigenvalue weighted by Crippen LogP contribution is -2.54. The number of nitrogens with two attached hydrogens (primary N) is 2. The Hall–Kier alpha value is 0.210. The van der Waals surface area contributed by atoms with Crippen molar-refractivity contribution in [2.75, 3.05) is 0 Å². The van der Waals surface area contributed by atoms with E-state index in [-0.39, 0.29) is 24.0 Å². The number of halogens is 1. The highest BCUT2D eigenvalue weighted by Gasteiger charge is 2.26. The second-order valence-electron chi connectivity index (χ2n) is 2.96. The van der Waals surface area contributed by atoms with Gasteiger partial charge in [0, 0.05) is 11.6 Å². The van der Waals surface area contributed by atoms with Crippen molar-refractivity contribution in [1.29, 1.82) is 0 Å². The van der Waals surface area contributed by atoms with Crippen LogP contribution in [0.25, 0.3) is 0 Å². The highest BCUT2D eigenvalue weighted by molar-refractivity contribution is 5.85. The Kier molecular flexibility index (Phi) is 7.28. The molecule has 0 fully saturated rings. The summed E-state index contributed by atoms with van der Waals surface area (Å²) in [5.41, 5.74) is 11.7. The Labute approximate surface area is 76.1 Å². The normalized spacial score (nSPS) is 13.9. The van der Waals surface area contributed by atoms with Crippen LogP contribution in [0.2, 0.25) is 0 Å². The third-order valence-corrected chi connectivity index (χ3v) is 2.49. The highest BCUT2D eigenvalue weighted by Crippen LogP contribution is 2.16. The molecule has 0 aliphatic heterocycles. The van der Waals surface area contributed by atoms with Crippen molar-refractivity contribution in [1.82, 2.24) is 0 Å². The van der Waals surface area contributed by atoms with Crippen molar-refractivity contribution in [3.05, 3.63) is 0 Å². The van der Waals surface area contributed by atoms with Crippen molar-refractivity contribution in [2.45, 2.75) is 51.6 Å². The Morgan fingerprint density at radius 1 is 1.18 bits per heavy atom. The third-order valence-electron chi connectivity index (χ3n) is 2.49. The number of hydrogen-bond acceptors (Lipinski definition) is 2. The summed E-state index contributed by atoms with van der Waals surface area (Å²) in [4.78, 5) is 0. The minimum atomic E-state index is -0.130. The van der Waals surface area contributed by atoms with Crippen LogP contribution in [0.3, 0.4) is 0 Å². The minimum absolute atomic E-state index is 0. The van der Waals surface area contributed by atoms with E-state index in [0.717, 1.165) is 19.3 Å². The first kappa shape index (κ1) is 13.8. The number of hydrogen-bond donors (Lipinski definition) is 2. The molecule has 0 aliphatic carbocycles. The van der Waals surface area contributed by atoms with Gasteiger partial charge in [0.05, 0.1) is 0 Å². The Morgan fingerprint density at radius 2 is 1.55 bits per heavy atom. The molecule has 4 N–H and O–H groups in total. The van der Waals surface area contributed by atoms with Gasteiger partial charge >= 0.3 is 0 Å². The third kappa shape index (κ3) is 3.41. The van der Waals surface area contributed by atoms with E-state index in [9.17, 15) is 0 Å². The fourth-order valence-corrected chi connectivity index (χ4v) is 1.18. The van der Waals surface area contributed by atoms with Crippen LogP contribution in [0.15, 0.2) is 0 Å². The van der Waals surface area contributed by atoms with E-state index in [4.69, 9.17) is 11.5 Å². The quantitative estimate of drug-likeness (QED) is 0.692. The van der Waals surface area contributed by atoms with E-state index in [1.165, 1.54) is 0 Å². The Morgan fingerprint density at radius 3 is 1.64 bits per heavy atom. The first-order chi connectivity index (χ1) is 4.60. The highest BCUT2D eigenvalue weighted by atomic mass is 35.5. The molecule has 0 spiro atoms. The summed E-state index contributed by atoms with van der Waals surface area (Å²) < 4.78 is 0. The zero-order valence-corrected chi connectivity index (χ0v) is 8.58. The van der Waals surface area contributed by atoms with Gasteiger partial charge in [-0.05, 0) is 19.3 Å². The van der Waals surface area contributed by atoms with Crippen LogP contribution in [-0.4, -0.2) is 11.6 Å². The van der Waals surface area contributed by atoms with Crippen LogP contribution in [0.5, 0.6) is 0 Å². The topological polar surface area (TPSA) is 52.0 Å². The zero-order chi connectivity index (χ0) is 8.20. The Balaban J connectivity index is 0. The predicted octanol–water partition coefficient (Wildman–Crippen LogP) is 1.66. The van der Waals surface area contributed by atoms with Gasteiger partial charge in [-0.25, -0.2) is 0 Å². The summed E-state index contributed by atoms with van der Waals surface area (Å²) in [5, 5.41) is 0. The maximum absolute atomic E-state index is 6.03. The van der Waals surface area contributed by atoms with Gasteiger partial charge in [0.25, 0.3) is 0 Å². The van der Waals surface area contributed by atoms with Crippen molar-refractivity contribution < 1.29 is 0 Å². The van der Waals surface area contributed by atoms with Gasteiger partial charge < -0.3 is 11.5 Å². The second kappa shape index (κ2) is 5.81. The molecule has 0 rings (SSSR count). The van der Waals surface area contributed by atoms with Gasteiger partial charge in [-0.15, -0.1) is 12.4 Å². The van der Waals surface area contributed by atoms with Crippen LogP contribution in [0, 0.1) is 0 Å². The lowest BCUT2D eigenvalue weighted by Gasteiger charge is -2.32. The van der Waals surface area contributed by atoms with E-state index in [0.29, 0.717) is 0 Å². The van der Waals surface area contributed by atoms with E-state index in [1.807, 2.05) is 0 Å². The maximum atomic E-state index is 6.03. The van der Waals surface area contributed by atoms with E-state index in [2.05, 4.69) is 20.8 Å². The number of rotatable bonds is 4. The molecule has 0 aromatic rings. The molecule has 0 radical (unpaired) electrons. The molecule has 70 valence electrons. The second-order valence-corrected chi connectivity index (χ2v) is 2.96. The molecule has 2 nitrogen and oxygen atoms in total. The van der Waals surface area contributed by atoms with Crippen LogP contribution in [0.4, 0.5) is 0 Å². The van der Waals surface area contributed by atoms with Gasteiger partial charge in [-0.1, -0.05) is 20.8 Å². The molecule has 3 heteroatoms. The van der Waals surface area contributed by atoms with Crippen LogP contribution in [-0.2, 0) is 0 Å². The minimum Gasteiger partial charge on any atom is -0.326 e. The van der Waals surface area contributed by atoms with Gasteiger partial charge in [0.15, 0.2) is 0 Å². The summed E-state index contributed by atoms with van der Waals surface area (Å²) in [6, 6.07) is 0.155. The van der Waals surface area contributed by atoms with E-state index in [1.54, 1.807) is 0 Å². The largest absolute Gasteiger partial charge is 0.326 e. The molecule has 11 heavy (non-hydrogen) atoms. The lowest BCUT2D eigenvalue weighted by molar-refractivity contribution is 0.314. The van der Waals surface area contributed by atoms with Crippen molar-refractivity contribution in [2.24, 2.45) is 11.5 Å². The predicted molar refractivity (Wildman–Crippen MR) is 53.0 cm³/mol. The van der Waals surface area contributed by atoms with Crippen LogP contribution >= 0.6 is 12.4 Å². The van der Waals surface area contributed by atoms with Crippen molar-refractivity contribution in [3.8, 4) is 0 Å². The molecule has 0 bridgehead atoms. The van der Waals surface area contributed by atoms with Gasteiger partial charge in [0.2, 0.25) is 0 Å². The standard InChI is InChI=1S/C8H20N2.ClH/c1-4-7(9)8(10,5-2)6-3;/h7H,4-6,9-10H2,1-3H3;1H. The molecule has 0 aromatic heterocycles. The SMILES string of the molecule is CCC(N)C(N)(CC)CC.Cl. The maximum Gasteiger partial charge on any atom is 0.0302 e. The summed E-state index contributed by atoms with van der Waals surface area (Å²) in [6.45, 7) is 6.27. The first-order valence-electron chi connectivity index (χ1n) is 4.15. The monoisotopic (exact) mass is 180 g/mol. The molecule has 1 atom stereocenters. The molecule has 0 heterocycles. The molecule has 0 saturated carbocycles. The fourth-order valence-electron chi connectivity index (χ4n) is 1.18. The average molecular weight is 181 g/mol. The molecule has 0 aliphatic rings. The van der Waals surface area contributed by atoms with Crippen LogP contribution in [0.1, 0.15) is 40.0 Å². The molecule has 0 saturated heterocycles. The summed E-state index contributed by atoms with van der Waals surface area (Å²) in [6.07, 6.45) is 2.91. The van der Waals surface area contributed by atoms with Gasteiger partial charge in [0.1, 0.15) is 0 Å². The van der Waals surface area contributed by atoms with Gasteiger partial charge in [-0.3, -0.25) is 0 Å². The van der Waals surface area contributed by atoms with Gasteiger partial charge in [-0.2, -0.15) is 0 Å². The van der Waals surface area contributed by atoms with E-state index < -0.39 is 0 Å². The Bertz CT molecular complexity index is 92.1. The summed E-state index contributed by atoms with van der Waals surface area (Å²) >= 11 is 0. The lowest BCUT2D eigenvalue weighted by atomic mass is 9.85. The fraction of sp³-hybridized carbons (Fsp3) is 1.00. The summed E-state index contributed by atoms with van der Waals surface area (Å²) in [7, 11) is 0. The summed E-state index contributed by atoms with van der Waals surface area (Å²) in [5.74, 6) is 0. The van der Waals surface area contributed by atoms with Crippen LogP contribution < -0.4 is 11.5 Å². The molecule has 0 aromatic carbocycles. The zero-order valence-electron chi connectivity index (χ0n) is 7.76. The van der Waals surface area contributed by atoms with E-state index >= 15 is 0 Å². The first-order valence-corrected chi connectivity index (χ1v) is 4.15. The van der Waals surface area contributed by atoms with Crippen molar-refractivity contribution >= 4 is 12.4 Å².